The third kappa shape index (κ3) is 2.39. The molecule has 0 aliphatic carbocycles. The van der Waals surface area contributed by atoms with Crippen LogP contribution < -0.4 is 0 Å². The van der Waals surface area contributed by atoms with E-state index in [9.17, 15) is 5.11 Å². The molecule has 0 spiro atoms. The van der Waals surface area contributed by atoms with Crippen LogP contribution in [0.1, 0.15) is 24.3 Å². The van der Waals surface area contributed by atoms with E-state index in [1.165, 1.54) is 11.3 Å². The van der Waals surface area contributed by atoms with Crippen molar-refractivity contribution < 1.29 is 9.84 Å². The Morgan fingerprint density at radius 3 is 2.93 bits per heavy atom. The van der Waals surface area contributed by atoms with Crippen molar-refractivity contribution in [3.63, 3.8) is 0 Å². The molecule has 2 rings (SSSR count). The predicted octanol–water partition coefficient (Wildman–Crippen LogP) is 3.62. The molecule has 1 fully saturated rings. The largest absolute Gasteiger partial charge is 0.385 e. The van der Waals surface area contributed by atoms with Gasteiger partial charge in [0.2, 0.25) is 0 Å². The molecule has 2 nitrogen and oxygen atoms in total. The Balaban J connectivity index is 2.16. The predicted molar refractivity (Wildman–Crippen MR) is 65.5 cm³/mol. The highest BCUT2D eigenvalue weighted by Crippen LogP contribution is 2.39. The first-order valence-corrected chi connectivity index (χ1v) is 6.82. The molecule has 84 valence electrons. The first-order chi connectivity index (χ1) is 7.09. The molecule has 3 atom stereocenters. The normalized spacial score (nSPS) is 28.3. The van der Waals surface area contributed by atoms with Crippen LogP contribution in [-0.2, 0) is 4.74 Å². The number of halogens is 2. The summed E-state index contributed by atoms with van der Waals surface area (Å²) in [6.07, 6.45) is 0.366. The van der Waals surface area contributed by atoms with Crippen molar-refractivity contribution in [3.8, 4) is 0 Å². The second-order valence-electron chi connectivity index (χ2n) is 3.82. The van der Waals surface area contributed by atoms with Crippen molar-refractivity contribution in [2.75, 3.05) is 6.61 Å². The molecule has 1 aromatic rings. The van der Waals surface area contributed by atoms with Crippen LogP contribution in [0.5, 0.6) is 0 Å². The van der Waals surface area contributed by atoms with Crippen LogP contribution in [0.2, 0.25) is 4.34 Å². The van der Waals surface area contributed by atoms with Crippen LogP contribution in [-0.4, -0.2) is 17.8 Å². The second kappa shape index (κ2) is 4.72. The first-order valence-electron chi connectivity index (χ1n) is 4.84. The molecule has 0 saturated carbocycles. The molecule has 2 heterocycles. The Hall–Kier alpha value is 0.390. The van der Waals surface area contributed by atoms with Gasteiger partial charge in [0.05, 0.1) is 6.10 Å². The molecule has 0 amide bonds. The van der Waals surface area contributed by atoms with Gasteiger partial charge >= 0.3 is 0 Å². The van der Waals surface area contributed by atoms with E-state index >= 15 is 0 Å². The maximum atomic E-state index is 10.1. The third-order valence-electron chi connectivity index (χ3n) is 2.71. The highest BCUT2D eigenvalue weighted by Gasteiger charge is 2.32. The number of thiophene rings is 1. The van der Waals surface area contributed by atoms with Gasteiger partial charge in [-0.3, -0.25) is 0 Å². The van der Waals surface area contributed by atoms with E-state index in [1.54, 1.807) is 0 Å². The maximum Gasteiger partial charge on any atom is 0.115 e. The van der Waals surface area contributed by atoms with Crippen molar-refractivity contribution in [2.45, 2.75) is 25.6 Å². The quantitative estimate of drug-likeness (QED) is 0.904. The molecule has 1 aliphatic heterocycles. The molecular weight excluding hydrogens is 300 g/mol. The van der Waals surface area contributed by atoms with Crippen LogP contribution in [0.25, 0.3) is 0 Å². The van der Waals surface area contributed by atoms with Crippen molar-refractivity contribution in [2.24, 2.45) is 5.92 Å². The molecule has 1 N–H and O–H groups in total. The summed E-state index contributed by atoms with van der Waals surface area (Å²) in [7, 11) is 0. The van der Waals surface area contributed by atoms with Gasteiger partial charge < -0.3 is 9.84 Å². The van der Waals surface area contributed by atoms with Gasteiger partial charge in [0.15, 0.2) is 0 Å². The Morgan fingerprint density at radius 1 is 1.73 bits per heavy atom. The first kappa shape index (κ1) is 11.9. The summed E-state index contributed by atoms with van der Waals surface area (Å²) in [4.78, 5) is 0.866. The fourth-order valence-electron chi connectivity index (χ4n) is 1.79. The molecule has 1 aliphatic rings. The zero-order valence-electron chi connectivity index (χ0n) is 8.24. The second-order valence-corrected chi connectivity index (χ2v) is 6.36. The number of rotatable bonds is 2. The smallest absolute Gasteiger partial charge is 0.115 e. The number of aliphatic hydroxyl groups excluding tert-OH is 1. The summed E-state index contributed by atoms with van der Waals surface area (Å²) in [6.45, 7) is 2.84. The van der Waals surface area contributed by atoms with Gasteiger partial charge in [-0.1, -0.05) is 18.5 Å². The van der Waals surface area contributed by atoms with E-state index in [0.717, 1.165) is 22.4 Å². The van der Waals surface area contributed by atoms with Gasteiger partial charge in [-0.15, -0.1) is 11.3 Å². The van der Waals surface area contributed by atoms with E-state index in [-0.39, 0.29) is 6.10 Å². The van der Waals surface area contributed by atoms with Gasteiger partial charge in [0.25, 0.3) is 0 Å². The molecule has 1 aromatic heterocycles. The highest BCUT2D eigenvalue weighted by molar-refractivity contribution is 9.10. The van der Waals surface area contributed by atoms with Crippen molar-refractivity contribution >= 4 is 38.9 Å². The zero-order valence-corrected chi connectivity index (χ0v) is 11.4. The van der Waals surface area contributed by atoms with Gasteiger partial charge in [0, 0.05) is 16.0 Å². The SMILES string of the molecule is CC1CCOC1C(O)c1cc(Br)c(Cl)s1. The van der Waals surface area contributed by atoms with Crippen LogP contribution in [0, 0.1) is 5.92 Å². The van der Waals surface area contributed by atoms with Crippen LogP contribution in [0.15, 0.2) is 10.5 Å². The maximum absolute atomic E-state index is 10.1. The van der Waals surface area contributed by atoms with E-state index < -0.39 is 6.10 Å². The van der Waals surface area contributed by atoms with E-state index in [4.69, 9.17) is 16.3 Å². The van der Waals surface area contributed by atoms with Crippen molar-refractivity contribution in [1.29, 1.82) is 0 Å². The minimum Gasteiger partial charge on any atom is -0.385 e. The average Bonchev–Trinajstić information content (AvgIpc) is 2.74. The Kier molecular flexibility index (Phi) is 3.73. The Bertz CT molecular complexity index is 336. The highest BCUT2D eigenvalue weighted by atomic mass is 79.9. The van der Waals surface area contributed by atoms with Crippen molar-refractivity contribution in [1.82, 2.24) is 0 Å². The van der Waals surface area contributed by atoms with E-state index in [0.29, 0.717) is 10.3 Å². The molecule has 5 heteroatoms. The minimum absolute atomic E-state index is 0.0911. The topological polar surface area (TPSA) is 29.5 Å². The summed E-state index contributed by atoms with van der Waals surface area (Å²) < 4.78 is 7.05. The van der Waals surface area contributed by atoms with E-state index in [2.05, 4.69) is 22.9 Å². The van der Waals surface area contributed by atoms with Gasteiger partial charge in [0.1, 0.15) is 10.4 Å². The van der Waals surface area contributed by atoms with Gasteiger partial charge in [-0.05, 0) is 34.3 Å². The molecule has 0 bridgehead atoms. The zero-order chi connectivity index (χ0) is 11.0. The fourth-order valence-corrected chi connectivity index (χ4v) is 3.55. The molecule has 0 radical (unpaired) electrons. The number of hydrogen-bond donors (Lipinski definition) is 1. The van der Waals surface area contributed by atoms with Crippen molar-refractivity contribution in [3.05, 3.63) is 19.8 Å². The number of ether oxygens (including phenoxy) is 1. The lowest BCUT2D eigenvalue weighted by atomic mass is 9.99. The lowest BCUT2D eigenvalue weighted by molar-refractivity contribution is -0.0160. The summed E-state index contributed by atoms with van der Waals surface area (Å²) in [6, 6.07) is 1.87. The van der Waals surface area contributed by atoms with E-state index in [1.807, 2.05) is 6.07 Å². The summed E-state index contributed by atoms with van der Waals surface area (Å²) in [5, 5.41) is 10.1. The van der Waals surface area contributed by atoms with Crippen LogP contribution >= 0.6 is 38.9 Å². The van der Waals surface area contributed by atoms with Crippen LogP contribution in [0.3, 0.4) is 0 Å². The molecular formula is C10H12BrClO2S. The summed E-state index contributed by atoms with van der Waals surface area (Å²) in [5.41, 5.74) is 0. The molecule has 0 aromatic carbocycles. The monoisotopic (exact) mass is 310 g/mol. The lowest BCUT2D eigenvalue weighted by Gasteiger charge is -2.19. The number of hydrogen-bond acceptors (Lipinski definition) is 3. The Morgan fingerprint density at radius 2 is 2.47 bits per heavy atom. The molecule has 15 heavy (non-hydrogen) atoms. The van der Waals surface area contributed by atoms with Gasteiger partial charge in [-0.2, -0.15) is 0 Å². The van der Waals surface area contributed by atoms with Crippen LogP contribution in [0.4, 0.5) is 0 Å². The average molecular weight is 312 g/mol. The lowest BCUT2D eigenvalue weighted by Crippen LogP contribution is -2.22. The Labute approximate surface area is 106 Å². The minimum atomic E-state index is -0.559. The summed E-state index contributed by atoms with van der Waals surface area (Å²) >= 11 is 10.7. The van der Waals surface area contributed by atoms with Gasteiger partial charge in [-0.25, -0.2) is 0 Å². The molecule has 3 unspecified atom stereocenters. The third-order valence-corrected chi connectivity index (χ3v) is 5.26. The fraction of sp³-hybridized carbons (Fsp3) is 0.600. The molecule has 1 saturated heterocycles. The number of aliphatic hydroxyl groups is 1. The standard InChI is InChI=1S/C10H12BrClO2S/c1-5-2-3-14-9(5)8(13)7-4-6(11)10(12)15-7/h4-5,8-9,13H,2-3H2,1H3. The summed E-state index contributed by atoms with van der Waals surface area (Å²) in [5.74, 6) is 0.402.